The van der Waals surface area contributed by atoms with E-state index in [1.54, 1.807) is 194 Å². The predicted octanol–water partition coefficient (Wildman–Crippen LogP) is 16.7. The number of phenolic OH excluding ortho intramolecular Hbond substituents is 14. The molecule has 18 nitrogen and oxygen atoms in total. The fourth-order valence-electron chi connectivity index (χ4n) is 14.6. The van der Waals surface area contributed by atoms with Crippen LogP contribution in [0.4, 0.5) is 0 Å². The van der Waals surface area contributed by atoms with Gasteiger partial charge in [0.1, 0.15) is 128 Å². The lowest BCUT2D eigenvalue weighted by Gasteiger charge is -2.24. The number of hydrogen-bond donors (Lipinski definition) is 14. The van der Waals surface area contributed by atoms with E-state index in [1.807, 2.05) is 36.4 Å². The maximum absolute atomic E-state index is 10.7. The number of benzene rings is 12. The van der Waals surface area contributed by atoms with E-state index in [9.17, 15) is 71.5 Å². The molecule has 4 heterocycles. The van der Waals surface area contributed by atoms with Crippen molar-refractivity contribution in [2.45, 2.75) is 48.1 Å². The highest BCUT2D eigenvalue weighted by molar-refractivity contribution is 5.82. The highest BCUT2D eigenvalue weighted by Crippen LogP contribution is 2.63. The molecule has 0 fully saturated rings. The zero-order chi connectivity index (χ0) is 70.8. The number of rotatable bonds is 12. The predicted molar refractivity (Wildman–Crippen MR) is 379 cm³/mol. The summed E-state index contributed by atoms with van der Waals surface area (Å²) in [5.74, 6) is -0.818. The molecule has 0 aliphatic carbocycles. The van der Waals surface area contributed by atoms with Crippen LogP contribution in [-0.2, 0) is 0 Å². The lowest BCUT2D eigenvalue weighted by atomic mass is 9.77. The van der Waals surface area contributed by atoms with Gasteiger partial charge in [-0.3, -0.25) is 0 Å². The second-order valence-electron chi connectivity index (χ2n) is 25.6. The van der Waals surface area contributed by atoms with E-state index in [1.165, 1.54) is 24.3 Å². The first-order valence-electron chi connectivity index (χ1n) is 32.5. The molecule has 4 aliphatic heterocycles. The van der Waals surface area contributed by atoms with Gasteiger partial charge >= 0.3 is 0 Å². The summed E-state index contributed by atoms with van der Waals surface area (Å²) in [4.78, 5) is 0. The van der Waals surface area contributed by atoms with E-state index in [0.29, 0.717) is 56.4 Å². The fourth-order valence-corrected chi connectivity index (χ4v) is 14.6. The quantitative estimate of drug-likeness (QED) is 0.0505. The Balaban J connectivity index is 0.000000165. The molecule has 8 atom stereocenters. The lowest BCUT2D eigenvalue weighted by Crippen LogP contribution is -2.14. The Bertz CT molecular complexity index is 4570. The summed E-state index contributed by atoms with van der Waals surface area (Å²) < 4.78 is 27.0. The van der Waals surface area contributed by atoms with Crippen LogP contribution in [0.15, 0.2) is 231 Å². The van der Waals surface area contributed by atoms with Gasteiger partial charge in [-0.2, -0.15) is 0 Å². The third-order valence-electron chi connectivity index (χ3n) is 18.9. The van der Waals surface area contributed by atoms with E-state index < -0.39 is 48.1 Å². The topological polar surface area (TPSA) is 320 Å². The van der Waals surface area contributed by atoms with Crippen LogP contribution in [0.2, 0.25) is 0 Å². The molecular formula is C84H64O18. The zero-order valence-corrected chi connectivity index (χ0v) is 53.8. The van der Waals surface area contributed by atoms with Crippen molar-refractivity contribution in [3.8, 4) is 103 Å². The van der Waals surface area contributed by atoms with Gasteiger partial charge in [0.05, 0.1) is 23.7 Å². The van der Waals surface area contributed by atoms with Gasteiger partial charge in [-0.15, -0.1) is 0 Å². The van der Waals surface area contributed by atoms with Crippen LogP contribution in [0.5, 0.6) is 103 Å². The van der Waals surface area contributed by atoms with Gasteiger partial charge in [-0.25, -0.2) is 0 Å². The van der Waals surface area contributed by atoms with Crippen molar-refractivity contribution in [3.05, 3.63) is 320 Å². The molecule has 0 saturated carbocycles. The van der Waals surface area contributed by atoms with E-state index >= 15 is 0 Å². The normalized spacial score (nSPS) is 19.0. The highest BCUT2D eigenvalue weighted by Gasteiger charge is 2.48. The molecule has 102 heavy (non-hydrogen) atoms. The van der Waals surface area contributed by atoms with Gasteiger partial charge in [-0.1, -0.05) is 97.1 Å². The van der Waals surface area contributed by atoms with Crippen molar-refractivity contribution in [1.82, 2.24) is 0 Å². The van der Waals surface area contributed by atoms with Crippen LogP contribution >= 0.6 is 0 Å². The molecule has 4 aliphatic rings. The first kappa shape index (κ1) is 64.5. The van der Waals surface area contributed by atoms with Crippen molar-refractivity contribution in [2.24, 2.45) is 0 Å². The molecular weight excluding hydrogens is 1300 g/mol. The van der Waals surface area contributed by atoms with Gasteiger partial charge in [0.2, 0.25) is 0 Å². The standard InChI is InChI=1S/2C42H32O9/c2*43-27-8-1-22(2-9-27)3-14-34-39-35(50-41(23-4-10-28(44)11-5-23)37(39)25-15-30(46)19-31(47)16-25)21-36-40(34)38(26-17-32(48)20-33(49)18-26)42(51-36)24-6-12-29(45)13-7-24/h2*1-21,37-38,41-49H/b14-3+;14-3-/t2*37-,38-,41+,42+/m00/s1. The van der Waals surface area contributed by atoms with Crippen LogP contribution in [0, 0.1) is 0 Å². The van der Waals surface area contributed by atoms with Crippen LogP contribution in [0.1, 0.15) is 137 Å². The van der Waals surface area contributed by atoms with Crippen molar-refractivity contribution >= 4 is 24.3 Å². The summed E-state index contributed by atoms with van der Waals surface area (Å²) in [5, 5.41) is 146. The van der Waals surface area contributed by atoms with Crippen molar-refractivity contribution < 1.29 is 90.4 Å². The molecule has 0 aromatic heterocycles. The molecule has 0 amide bonds. The average Bonchev–Trinajstić information content (AvgIpc) is 1.60. The molecule has 0 spiro atoms. The van der Waals surface area contributed by atoms with Gasteiger partial charge < -0.3 is 90.4 Å². The minimum Gasteiger partial charge on any atom is -0.508 e. The Morgan fingerprint density at radius 3 is 0.569 bits per heavy atom. The largest absolute Gasteiger partial charge is 0.508 e. The molecule has 0 unspecified atom stereocenters. The highest BCUT2D eigenvalue weighted by atomic mass is 16.5. The van der Waals surface area contributed by atoms with Crippen LogP contribution in [0.25, 0.3) is 24.3 Å². The van der Waals surface area contributed by atoms with E-state index in [-0.39, 0.29) is 80.5 Å². The summed E-state index contributed by atoms with van der Waals surface area (Å²) in [6.45, 7) is 0. The summed E-state index contributed by atoms with van der Waals surface area (Å²) in [6, 6.07) is 61.4. The summed E-state index contributed by atoms with van der Waals surface area (Å²) in [7, 11) is 0. The number of aromatic hydroxyl groups is 14. The average molecular weight is 1360 g/mol. The summed E-state index contributed by atoms with van der Waals surface area (Å²) in [5.41, 5.74) is 11.2. The first-order chi connectivity index (χ1) is 49.2. The Morgan fingerprint density at radius 2 is 0.373 bits per heavy atom. The van der Waals surface area contributed by atoms with Crippen molar-refractivity contribution in [3.63, 3.8) is 0 Å². The van der Waals surface area contributed by atoms with Crippen LogP contribution in [-0.4, -0.2) is 71.5 Å². The molecule has 12 aromatic carbocycles. The number of phenols is 14. The monoisotopic (exact) mass is 1360 g/mol. The van der Waals surface area contributed by atoms with Crippen LogP contribution in [0.3, 0.4) is 0 Å². The molecule has 12 aromatic rings. The zero-order valence-electron chi connectivity index (χ0n) is 53.8. The smallest absolute Gasteiger partial charge is 0.135 e. The third-order valence-corrected chi connectivity index (χ3v) is 18.9. The molecule has 0 radical (unpaired) electrons. The number of hydrogen-bond acceptors (Lipinski definition) is 18. The maximum atomic E-state index is 10.7. The Morgan fingerprint density at radius 1 is 0.186 bits per heavy atom. The molecule has 16 rings (SSSR count). The van der Waals surface area contributed by atoms with Crippen molar-refractivity contribution in [2.75, 3.05) is 0 Å². The van der Waals surface area contributed by atoms with Gasteiger partial charge in [0, 0.05) is 58.7 Å². The molecule has 0 bridgehead atoms. The maximum Gasteiger partial charge on any atom is 0.135 e. The van der Waals surface area contributed by atoms with Crippen LogP contribution < -0.4 is 18.9 Å². The van der Waals surface area contributed by atoms with Gasteiger partial charge in [-0.05, 0) is 188 Å². The SMILES string of the molecule is Oc1ccc(/C=C/c2c3c(cc4c2[C@H](c2cc(O)cc(O)c2)[C@@H](c2ccc(O)cc2)O4)O[C@H](c2ccc(O)cc2)[C@H]3c2cc(O)cc(O)c2)cc1.Oc1ccc(/C=C\c2c3c(cc4c2[C@H](c2cc(O)cc(O)c2)[C@@H](c2ccc(O)cc2)O4)O[C@H](c2ccc(O)cc2)[C@H]3c2cc(O)cc(O)c2)cc1. The lowest BCUT2D eigenvalue weighted by molar-refractivity contribution is 0.212. The second kappa shape index (κ2) is 26.1. The fraction of sp³-hybridized carbons (Fsp3) is 0.0952. The molecule has 0 saturated heterocycles. The summed E-state index contributed by atoms with van der Waals surface area (Å²) >= 11 is 0. The first-order valence-corrected chi connectivity index (χ1v) is 32.5. The minimum atomic E-state index is -0.652. The molecule has 14 N–H and O–H groups in total. The van der Waals surface area contributed by atoms with Gasteiger partial charge in [0.25, 0.3) is 0 Å². The van der Waals surface area contributed by atoms with Gasteiger partial charge in [0.15, 0.2) is 0 Å². The van der Waals surface area contributed by atoms with Crippen molar-refractivity contribution in [1.29, 1.82) is 0 Å². The van der Waals surface area contributed by atoms with E-state index in [4.69, 9.17) is 18.9 Å². The number of fused-ring (bicyclic) bond motifs is 4. The Kier molecular flexibility index (Phi) is 16.5. The van der Waals surface area contributed by atoms with E-state index in [0.717, 1.165) is 55.6 Å². The third kappa shape index (κ3) is 12.6. The Hall–Kier alpha value is -13.5. The molecule has 508 valence electrons. The minimum absolute atomic E-state index is 0.0863. The van der Waals surface area contributed by atoms with E-state index in [2.05, 4.69) is 0 Å². The number of ether oxygens (including phenoxy) is 4. The summed E-state index contributed by atoms with van der Waals surface area (Å²) in [6.07, 6.45) is 5.04. The molecule has 18 heteroatoms. The second-order valence-corrected chi connectivity index (χ2v) is 25.6. The Labute approximate surface area is 583 Å².